The van der Waals surface area contributed by atoms with Crippen LogP contribution in [0.15, 0.2) is 0 Å². The first kappa shape index (κ1) is 13.4. The standard InChI is InChI=1S/C10H17ClO3/c1-10(2,3)14-9(13)8(7-12)5-4-6-11/h7-8H,4-6H2,1-3H3. The number of rotatable bonds is 5. The molecule has 0 aliphatic heterocycles. The number of aldehydes is 1. The van der Waals surface area contributed by atoms with Gasteiger partial charge < -0.3 is 9.53 Å². The lowest BCUT2D eigenvalue weighted by molar-refractivity contribution is -0.160. The molecule has 1 unspecified atom stereocenters. The molecule has 0 spiro atoms. The molecule has 0 saturated carbocycles. The maximum Gasteiger partial charge on any atom is 0.316 e. The monoisotopic (exact) mass is 220 g/mol. The molecule has 0 saturated heterocycles. The Hall–Kier alpha value is -0.570. The van der Waals surface area contributed by atoms with Crippen molar-refractivity contribution in [1.29, 1.82) is 0 Å². The smallest absolute Gasteiger partial charge is 0.316 e. The van der Waals surface area contributed by atoms with E-state index in [9.17, 15) is 9.59 Å². The van der Waals surface area contributed by atoms with Gasteiger partial charge in [-0.25, -0.2) is 0 Å². The van der Waals surface area contributed by atoms with Crippen LogP contribution in [0, 0.1) is 5.92 Å². The summed E-state index contributed by atoms with van der Waals surface area (Å²) in [6.45, 7) is 5.32. The van der Waals surface area contributed by atoms with Gasteiger partial charge in [-0.2, -0.15) is 0 Å². The van der Waals surface area contributed by atoms with Crippen LogP contribution in [0.4, 0.5) is 0 Å². The molecule has 0 heterocycles. The number of carbonyl (C=O) groups excluding carboxylic acids is 2. The fraction of sp³-hybridized carbons (Fsp3) is 0.800. The van der Waals surface area contributed by atoms with E-state index in [0.717, 1.165) is 0 Å². The zero-order valence-electron chi connectivity index (χ0n) is 8.88. The molecule has 0 aliphatic rings. The van der Waals surface area contributed by atoms with Crippen LogP contribution in [-0.2, 0) is 14.3 Å². The molecule has 14 heavy (non-hydrogen) atoms. The predicted octanol–water partition coefficient (Wildman–Crippen LogP) is 2.16. The largest absolute Gasteiger partial charge is 0.459 e. The molecular weight excluding hydrogens is 204 g/mol. The van der Waals surface area contributed by atoms with Gasteiger partial charge in [-0.1, -0.05) is 0 Å². The molecule has 0 rings (SSSR count). The summed E-state index contributed by atoms with van der Waals surface area (Å²) in [6, 6.07) is 0. The second-order valence-electron chi connectivity index (χ2n) is 4.11. The summed E-state index contributed by atoms with van der Waals surface area (Å²) < 4.78 is 5.07. The average molecular weight is 221 g/mol. The van der Waals surface area contributed by atoms with E-state index in [1.807, 2.05) is 0 Å². The van der Waals surface area contributed by atoms with E-state index in [1.54, 1.807) is 20.8 Å². The second kappa shape index (κ2) is 6.02. The third kappa shape index (κ3) is 5.97. The van der Waals surface area contributed by atoms with Gasteiger partial charge in [0, 0.05) is 5.88 Å². The van der Waals surface area contributed by atoms with E-state index in [-0.39, 0.29) is 0 Å². The lowest BCUT2D eigenvalue weighted by Crippen LogP contribution is -2.29. The van der Waals surface area contributed by atoms with Crippen molar-refractivity contribution in [2.45, 2.75) is 39.2 Å². The van der Waals surface area contributed by atoms with E-state index in [2.05, 4.69) is 0 Å². The predicted molar refractivity (Wildman–Crippen MR) is 55.4 cm³/mol. The minimum absolute atomic E-state index is 0.452. The van der Waals surface area contributed by atoms with E-state index in [1.165, 1.54) is 0 Å². The van der Waals surface area contributed by atoms with Gasteiger partial charge in [0.15, 0.2) is 0 Å². The maximum absolute atomic E-state index is 11.4. The highest BCUT2D eigenvalue weighted by molar-refractivity contribution is 6.17. The zero-order chi connectivity index (χ0) is 11.2. The number of alkyl halides is 1. The molecular formula is C10H17ClO3. The summed E-state index contributed by atoms with van der Waals surface area (Å²) in [7, 11) is 0. The van der Waals surface area contributed by atoms with Crippen LogP contribution in [-0.4, -0.2) is 23.7 Å². The van der Waals surface area contributed by atoms with Gasteiger partial charge in [0.05, 0.1) is 0 Å². The van der Waals surface area contributed by atoms with E-state index in [4.69, 9.17) is 16.3 Å². The molecule has 0 aliphatic carbocycles. The molecule has 3 nitrogen and oxygen atoms in total. The third-order valence-electron chi connectivity index (χ3n) is 1.52. The normalized spacial score (nSPS) is 13.4. The highest BCUT2D eigenvalue weighted by Gasteiger charge is 2.24. The zero-order valence-corrected chi connectivity index (χ0v) is 9.63. The second-order valence-corrected chi connectivity index (χ2v) is 4.49. The first-order valence-electron chi connectivity index (χ1n) is 4.65. The fourth-order valence-electron chi connectivity index (χ4n) is 0.916. The van der Waals surface area contributed by atoms with Crippen LogP contribution in [0.1, 0.15) is 33.6 Å². The lowest BCUT2D eigenvalue weighted by atomic mass is 10.1. The van der Waals surface area contributed by atoms with Crippen LogP contribution < -0.4 is 0 Å². The minimum Gasteiger partial charge on any atom is -0.459 e. The Balaban J connectivity index is 4.11. The van der Waals surface area contributed by atoms with Gasteiger partial charge in [-0.3, -0.25) is 4.79 Å². The summed E-state index contributed by atoms with van der Waals surface area (Å²) in [4.78, 5) is 22.0. The van der Waals surface area contributed by atoms with Crippen molar-refractivity contribution in [3.05, 3.63) is 0 Å². The summed E-state index contributed by atoms with van der Waals surface area (Å²) in [6.07, 6.45) is 1.73. The van der Waals surface area contributed by atoms with Crippen molar-refractivity contribution < 1.29 is 14.3 Å². The van der Waals surface area contributed by atoms with Gasteiger partial charge in [-0.05, 0) is 33.6 Å². The number of hydrogen-bond acceptors (Lipinski definition) is 3. The molecule has 0 amide bonds. The lowest BCUT2D eigenvalue weighted by Gasteiger charge is -2.21. The molecule has 82 valence electrons. The van der Waals surface area contributed by atoms with Crippen LogP contribution >= 0.6 is 11.6 Å². The molecule has 0 aromatic rings. The van der Waals surface area contributed by atoms with Gasteiger partial charge in [0.1, 0.15) is 17.8 Å². The van der Waals surface area contributed by atoms with Crippen LogP contribution in [0.25, 0.3) is 0 Å². The Morgan fingerprint density at radius 1 is 1.50 bits per heavy atom. The summed E-state index contributed by atoms with van der Waals surface area (Å²) in [5.41, 5.74) is -0.542. The van der Waals surface area contributed by atoms with Crippen LogP contribution in [0.2, 0.25) is 0 Å². The maximum atomic E-state index is 11.4. The molecule has 0 fully saturated rings. The first-order valence-corrected chi connectivity index (χ1v) is 5.18. The topological polar surface area (TPSA) is 43.4 Å². The van der Waals surface area contributed by atoms with Gasteiger partial charge in [0.2, 0.25) is 0 Å². The van der Waals surface area contributed by atoms with Gasteiger partial charge in [-0.15, -0.1) is 11.6 Å². The van der Waals surface area contributed by atoms with Crippen molar-refractivity contribution in [2.24, 2.45) is 5.92 Å². The molecule has 1 atom stereocenters. The van der Waals surface area contributed by atoms with E-state index >= 15 is 0 Å². The minimum atomic E-state index is -0.673. The highest BCUT2D eigenvalue weighted by atomic mass is 35.5. The van der Waals surface area contributed by atoms with E-state index < -0.39 is 17.5 Å². The molecule has 0 aromatic carbocycles. The SMILES string of the molecule is CC(C)(C)OC(=O)C(C=O)CCCCl. The number of carbonyl (C=O) groups is 2. The Morgan fingerprint density at radius 3 is 2.43 bits per heavy atom. The van der Waals surface area contributed by atoms with Crippen LogP contribution in [0.3, 0.4) is 0 Å². The van der Waals surface area contributed by atoms with Crippen LogP contribution in [0.5, 0.6) is 0 Å². The van der Waals surface area contributed by atoms with Crippen molar-refractivity contribution in [1.82, 2.24) is 0 Å². The van der Waals surface area contributed by atoms with Gasteiger partial charge >= 0.3 is 5.97 Å². The summed E-state index contributed by atoms with van der Waals surface area (Å²) in [5, 5.41) is 0. The Bertz CT molecular complexity index is 196. The average Bonchev–Trinajstić information content (AvgIpc) is 2.02. The molecule has 0 radical (unpaired) electrons. The number of hydrogen-bond donors (Lipinski definition) is 0. The first-order chi connectivity index (χ1) is 6.40. The number of ether oxygens (including phenoxy) is 1. The number of esters is 1. The molecule has 0 bridgehead atoms. The Morgan fingerprint density at radius 2 is 2.07 bits per heavy atom. The fourth-order valence-corrected chi connectivity index (χ4v) is 1.07. The molecule has 4 heteroatoms. The molecule has 0 aromatic heterocycles. The van der Waals surface area contributed by atoms with Crippen molar-refractivity contribution in [3.8, 4) is 0 Å². The number of halogens is 1. The van der Waals surface area contributed by atoms with Gasteiger partial charge in [0.25, 0.3) is 0 Å². The quantitative estimate of drug-likeness (QED) is 0.309. The van der Waals surface area contributed by atoms with Crippen molar-refractivity contribution in [3.63, 3.8) is 0 Å². The molecule has 0 N–H and O–H groups in total. The van der Waals surface area contributed by atoms with Crippen molar-refractivity contribution >= 4 is 23.9 Å². The highest BCUT2D eigenvalue weighted by Crippen LogP contribution is 2.13. The third-order valence-corrected chi connectivity index (χ3v) is 1.79. The Labute approximate surface area is 89.8 Å². The van der Waals surface area contributed by atoms with Crippen molar-refractivity contribution in [2.75, 3.05) is 5.88 Å². The Kier molecular flexibility index (Phi) is 5.77. The summed E-state index contributed by atoms with van der Waals surface area (Å²) >= 11 is 5.47. The van der Waals surface area contributed by atoms with E-state index in [0.29, 0.717) is 25.0 Å². The summed E-state index contributed by atoms with van der Waals surface area (Å²) in [5.74, 6) is -0.682.